The number of pyridine rings is 1. The summed E-state index contributed by atoms with van der Waals surface area (Å²) in [5, 5.41) is 9.37. The van der Waals surface area contributed by atoms with Gasteiger partial charge in [0.2, 0.25) is 5.88 Å². The lowest BCUT2D eigenvalue weighted by Gasteiger charge is -2.30. The molecule has 5 rings (SSSR count). The molecular formula is C32H35F2NO4. The molecule has 39 heavy (non-hydrogen) atoms. The summed E-state index contributed by atoms with van der Waals surface area (Å²) in [6.45, 7) is 4.41. The molecule has 2 aliphatic carbocycles. The van der Waals surface area contributed by atoms with E-state index < -0.39 is 17.6 Å². The van der Waals surface area contributed by atoms with E-state index in [2.05, 4.69) is 18.8 Å². The third kappa shape index (κ3) is 5.92. The molecule has 7 heteroatoms. The van der Waals surface area contributed by atoms with Crippen molar-refractivity contribution >= 4 is 5.97 Å². The van der Waals surface area contributed by atoms with Crippen molar-refractivity contribution in [2.45, 2.75) is 70.8 Å². The van der Waals surface area contributed by atoms with Gasteiger partial charge in [0, 0.05) is 17.2 Å². The summed E-state index contributed by atoms with van der Waals surface area (Å²) >= 11 is 0. The van der Waals surface area contributed by atoms with Crippen molar-refractivity contribution in [2.75, 3.05) is 7.11 Å². The van der Waals surface area contributed by atoms with E-state index in [0.717, 1.165) is 49.4 Å². The molecule has 2 aromatic carbocycles. The van der Waals surface area contributed by atoms with Crippen molar-refractivity contribution in [2.24, 2.45) is 11.3 Å². The van der Waals surface area contributed by atoms with E-state index >= 15 is 4.39 Å². The molecule has 2 fully saturated rings. The van der Waals surface area contributed by atoms with Gasteiger partial charge in [-0.15, -0.1) is 0 Å². The van der Waals surface area contributed by atoms with Crippen LogP contribution in [0.2, 0.25) is 0 Å². The standard InChI is InChI=1S/C32H35F2NO4/c1-32(2)11-5-8-27(32)25-13-21(28(33)14-24(25)26-15-30(38-3)35-17-29(26)34)18-39-22-7-4-6-20(12-22)23(16-31(36)37)19-9-10-19/h4,6-7,12-15,17,19,23,27H,5,8-11,16,18H2,1-3H3,(H,36,37)/t23-,27-/m1/s1. The van der Waals surface area contributed by atoms with Crippen LogP contribution in [0.5, 0.6) is 11.6 Å². The van der Waals surface area contributed by atoms with E-state index in [1.807, 2.05) is 24.3 Å². The fraction of sp³-hybridized carbons (Fsp3) is 0.438. The molecule has 2 atom stereocenters. The molecule has 0 spiro atoms. The van der Waals surface area contributed by atoms with Crippen LogP contribution in [0.1, 0.15) is 80.9 Å². The number of benzene rings is 2. The Labute approximate surface area is 228 Å². The van der Waals surface area contributed by atoms with E-state index in [4.69, 9.17) is 9.47 Å². The quantitative estimate of drug-likeness (QED) is 0.286. The molecule has 0 amide bonds. The second-order valence-corrected chi connectivity index (χ2v) is 11.6. The van der Waals surface area contributed by atoms with Gasteiger partial charge < -0.3 is 14.6 Å². The van der Waals surface area contributed by atoms with Crippen molar-refractivity contribution in [1.82, 2.24) is 4.98 Å². The molecule has 0 aliphatic heterocycles. The molecule has 0 saturated heterocycles. The average Bonchev–Trinajstić information content (AvgIpc) is 3.69. The van der Waals surface area contributed by atoms with Crippen molar-refractivity contribution in [3.8, 4) is 22.8 Å². The molecular weight excluding hydrogens is 500 g/mol. The van der Waals surface area contributed by atoms with Crippen LogP contribution in [-0.2, 0) is 11.4 Å². The maximum Gasteiger partial charge on any atom is 0.303 e. The predicted molar refractivity (Wildman–Crippen MR) is 145 cm³/mol. The Morgan fingerprint density at radius 3 is 2.56 bits per heavy atom. The smallest absolute Gasteiger partial charge is 0.303 e. The van der Waals surface area contributed by atoms with Gasteiger partial charge >= 0.3 is 5.97 Å². The van der Waals surface area contributed by atoms with Gasteiger partial charge in [0.15, 0.2) is 0 Å². The first-order chi connectivity index (χ1) is 18.7. The topological polar surface area (TPSA) is 68.7 Å². The average molecular weight is 536 g/mol. The molecule has 1 heterocycles. The van der Waals surface area contributed by atoms with Crippen LogP contribution in [0.3, 0.4) is 0 Å². The fourth-order valence-electron chi connectivity index (χ4n) is 6.15. The second kappa shape index (κ2) is 10.9. The van der Waals surface area contributed by atoms with Crippen LogP contribution in [-0.4, -0.2) is 23.2 Å². The number of halogens is 2. The summed E-state index contributed by atoms with van der Waals surface area (Å²) in [5.74, 6) is -0.522. The molecule has 3 aromatic rings. The number of aromatic nitrogens is 1. The summed E-state index contributed by atoms with van der Waals surface area (Å²) in [6, 6.07) is 12.2. The number of carboxylic acids is 1. The zero-order valence-corrected chi connectivity index (χ0v) is 22.7. The number of ether oxygens (including phenoxy) is 2. The van der Waals surface area contributed by atoms with Gasteiger partial charge in [0.25, 0.3) is 0 Å². The number of carboxylic acid groups (broad SMARTS) is 1. The zero-order valence-electron chi connectivity index (χ0n) is 22.7. The third-order valence-corrected chi connectivity index (χ3v) is 8.45. The molecule has 1 aromatic heterocycles. The molecule has 1 N–H and O–H groups in total. The van der Waals surface area contributed by atoms with E-state index in [1.54, 1.807) is 6.07 Å². The first-order valence-electron chi connectivity index (χ1n) is 13.6. The Bertz CT molecular complexity index is 1370. The highest BCUT2D eigenvalue weighted by atomic mass is 19.1. The molecule has 5 nitrogen and oxygen atoms in total. The lowest BCUT2D eigenvalue weighted by atomic mass is 9.75. The molecule has 2 aliphatic rings. The first kappa shape index (κ1) is 27.1. The third-order valence-electron chi connectivity index (χ3n) is 8.45. The number of hydrogen-bond acceptors (Lipinski definition) is 4. The minimum Gasteiger partial charge on any atom is -0.489 e. The monoisotopic (exact) mass is 535 g/mol. The van der Waals surface area contributed by atoms with Crippen LogP contribution in [0.25, 0.3) is 11.1 Å². The number of aliphatic carboxylic acids is 1. The first-order valence-corrected chi connectivity index (χ1v) is 13.6. The van der Waals surface area contributed by atoms with Gasteiger partial charge in [0.1, 0.15) is 24.0 Å². The number of nitrogens with zero attached hydrogens (tertiary/aromatic N) is 1. The van der Waals surface area contributed by atoms with Crippen molar-refractivity contribution in [3.63, 3.8) is 0 Å². The molecule has 206 valence electrons. The predicted octanol–water partition coefficient (Wildman–Crippen LogP) is 7.88. The van der Waals surface area contributed by atoms with Gasteiger partial charge in [0.05, 0.1) is 19.7 Å². The normalized spacial score (nSPS) is 19.1. The summed E-state index contributed by atoms with van der Waals surface area (Å²) in [4.78, 5) is 15.4. The van der Waals surface area contributed by atoms with Gasteiger partial charge in [-0.2, -0.15) is 0 Å². The van der Waals surface area contributed by atoms with E-state index in [1.165, 1.54) is 19.2 Å². The highest BCUT2D eigenvalue weighted by Crippen LogP contribution is 2.52. The fourth-order valence-corrected chi connectivity index (χ4v) is 6.15. The minimum absolute atomic E-state index is 0.00485. The van der Waals surface area contributed by atoms with E-state index in [9.17, 15) is 14.3 Å². The Morgan fingerprint density at radius 2 is 1.90 bits per heavy atom. The minimum atomic E-state index is -0.814. The van der Waals surface area contributed by atoms with Gasteiger partial charge in [-0.3, -0.25) is 4.79 Å². The SMILES string of the molecule is COc1cc(-c2cc(F)c(COc3cccc([C@H](CC(=O)O)C4CC4)c3)cc2[C@H]2CCCC2(C)C)c(F)cn1. The summed E-state index contributed by atoms with van der Waals surface area (Å²) in [5.41, 5.74) is 2.99. The van der Waals surface area contributed by atoms with E-state index in [0.29, 0.717) is 22.8 Å². The van der Waals surface area contributed by atoms with Crippen LogP contribution < -0.4 is 9.47 Å². The van der Waals surface area contributed by atoms with Gasteiger partial charge in [-0.05, 0) is 89.8 Å². The van der Waals surface area contributed by atoms with Crippen molar-refractivity contribution < 1.29 is 28.2 Å². The lowest BCUT2D eigenvalue weighted by molar-refractivity contribution is -0.137. The summed E-state index contributed by atoms with van der Waals surface area (Å²) in [6.07, 6.45) is 6.28. The second-order valence-electron chi connectivity index (χ2n) is 11.6. The Balaban J connectivity index is 1.47. The largest absolute Gasteiger partial charge is 0.489 e. The summed E-state index contributed by atoms with van der Waals surface area (Å²) < 4.78 is 41.8. The van der Waals surface area contributed by atoms with Crippen LogP contribution in [0.4, 0.5) is 8.78 Å². The van der Waals surface area contributed by atoms with Crippen LogP contribution in [0.15, 0.2) is 48.7 Å². The molecule has 0 bridgehead atoms. The molecule has 2 saturated carbocycles. The van der Waals surface area contributed by atoms with Crippen molar-refractivity contribution in [1.29, 1.82) is 0 Å². The number of rotatable bonds is 10. The Hall–Kier alpha value is -3.48. The highest BCUT2D eigenvalue weighted by molar-refractivity contribution is 5.70. The highest BCUT2D eigenvalue weighted by Gasteiger charge is 2.38. The number of hydrogen-bond donors (Lipinski definition) is 1. The molecule has 0 unspecified atom stereocenters. The van der Waals surface area contributed by atoms with Crippen LogP contribution >= 0.6 is 0 Å². The lowest BCUT2D eigenvalue weighted by Crippen LogP contribution is -2.17. The summed E-state index contributed by atoms with van der Waals surface area (Å²) in [7, 11) is 1.47. The maximum atomic E-state index is 15.6. The van der Waals surface area contributed by atoms with Gasteiger partial charge in [-0.25, -0.2) is 13.8 Å². The van der Waals surface area contributed by atoms with Gasteiger partial charge in [-0.1, -0.05) is 32.4 Å². The maximum absolute atomic E-state index is 15.6. The zero-order chi connectivity index (χ0) is 27.7. The Kier molecular flexibility index (Phi) is 7.61. The van der Waals surface area contributed by atoms with Crippen LogP contribution in [0, 0.1) is 23.0 Å². The van der Waals surface area contributed by atoms with E-state index in [-0.39, 0.29) is 41.7 Å². The van der Waals surface area contributed by atoms with Crippen molar-refractivity contribution in [3.05, 3.63) is 77.0 Å². The number of carbonyl (C=O) groups is 1. The Morgan fingerprint density at radius 1 is 1.10 bits per heavy atom. The molecule has 0 radical (unpaired) electrons. The number of methoxy groups -OCH3 is 1.